The van der Waals surface area contributed by atoms with E-state index in [2.05, 4.69) is 0 Å². The molecule has 1 aromatic carbocycles. The molecule has 0 aliphatic heterocycles. The molecule has 1 aliphatic carbocycles. The average Bonchev–Trinajstić information content (AvgIpc) is 3.42. The van der Waals surface area contributed by atoms with Crippen molar-refractivity contribution >= 4 is 15.9 Å². The standard InChI is InChI=1S/C17H23F3N2O4S/c1-11(12-5-6-12)22(10-17(18,19)20)16(23)13-7-8-14(26-4)15(9-13)27(24,25)21(2)3/h7-9,11-12H,5-6,10H2,1-4H3/t11-/m0/s1. The van der Waals surface area contributed by atoms with Crippen LogP contribution in [0.5, 0.6) is 5.75 Å². The number of hydrogen-bond acceptors (Lipinski definition) is 4. The lowest BCUT2D eigenvalue weighted by Crippen LogP contribution is -2.45. The fraction of sp³-hybridized carbons (Fsp3) is 0.588. The normalized spacial score (nSPS) is 16.3. The van der Waals surface area contributed by atoms with Crippen molar-refractivity contribution in [2.24, 2.45) is 5.92 Å². The molecule has 0 saturated heterocycles. The molecule has 0 spiro atoms. The summed E-state index contributed by atoms with van der Waals surface area (Å²) in [6.07, 6.45) is -3.01. The van der Waals surface area contributed by atoms with Crippen molar-refractivity contribution in [3.05, 3.63) is 23.8 Å². The van der Waals surface area contributed by atoms with Gasteiger partial charge in [-0.1, -0.05) is 0 Å². The van der Waals surface area contributed by atoms with Gasteiger partial charge in [0.15, 0.2) is 0 Å². The van der Waals surface area contributed by atoms with Crippen molar-refractivity contribution in [1.82, 2.24) is 9.21 Å². The summed E-state index contributed by atoms with van der Waals surface area (Å²) in [4.78, 5) is 13.3. The molecule has 6 nitrogen and oxygen atoms in total. The number of amides is 1. The fourth-order valence-electron chi connectivity index (χ4n) is 2.80. The van der Waals surface area contributed by atoms with Crippen LogP contribution < -0.4 is 4.74 Å². The lowest BCUT2D eigenvalue weighted by atomic mass is 10.1. The van der Waals surface area contributed by atoms with E-state index >= 15 is 0 Å². The van der Waals surface area contributed by atoms with E-state index < -0.39 is 34.7 Å². The van der Waals surface area contributed by atoms with Crippen LogP contribution in [0.3, 0.4) is 0 Å². The van der Waals surface area contributed by atoms with E-state index in [9.17, 15) is 26.4 Å². The van der Waals surface area contributed by atoms with Gasteiger partial charge in [0.05, 0.1) is 7.11 Å². The molecule has 1 aliphatic rings. The highest BCUT2D eigenvalue weighted by molar-refractivity contribution is 7.89. The first-order chi connectivity index (χ1) is 12.4. The number of rotatable bonds is 7. The van der Waals surface area contributed by atoms with Gasteiger partial charge in [-0.15, -0.1) is 0 Å². The highest BCUT2D eigenvalue weighted by atomic mass is 32.2. The predicted molar refractivity (Wildman–Crippen MR) is 93.1 cm³/mol. The zero-order chi connectivity index (χ0) is 20.6. The molecule has 27 heavy (non-hydrogen) atoms. The molecular formula is C17H23F3N2O4S. The molecule has 0 unspecified atom stereocenters. The van der Waals surface area contributed by atoms with Gasteiger partial charge in [-0.25, -0.2) is 12.7 Å². The summed E-state index contributed by atoms with van der Waals surface area (Å²) >= 11 is 0. The fourth-order valence-corrected chi connectivity index (χ4v) is 3.88. The van der Waals surface area contributed by atoms with Crippen LogP contribution in [0.4, 0.5) is 13.2 Å². The molecule has 1 atom stereocenters. The smallest absolute Gasteiger partial charge is 0.406 e. The number of benzene rings is 1. The number of nitrogens with zero attached hydrogens (tertiary/aromatic N) is 2. The van der Waals surface area contributed by atoms with Crippen LogP contribution in [0.1, 0.15) is 30.1 Å². The Morgan fingerprint density at radius 3 is 2.33 bits per heavy atom. The molecule has 1 saturated carbocycles. The Morgan fingerprint density at radius 2 is 1.89 bits per heavy atom. The minimum atomic E-state index is -4.55. The van der Waals surface area contributed by atoms with Crippen LogP contribution >= 0.6 is 0 Å². The third kappa shape index (κ3) is 4.92. The minimum Gasteiger partial charge on any atom is -0.495 e. The van der Waals surface area contributed by atoms with E-state index in [0.717, 1.165) is 28.1 Å². The topological polar surface area (TPSA) is 66.9 Å². The summed E-state index contributed by atoms with van der Waals surface area (Å²) in [6.45, 7) is 0.202. The molecule has 0 N–H and O–H groups in total. The highest BCUT2D eigenvalue weighted by Crippen LogP contribution is 2.37. The van der Waals surface area contributed by atoms with Gasteiger partial charge in [0.25, 0.3) is 5.91 Å². The molecule has 0 heterocycles. The van der Waals surface area contributed by atoms with Gasteiger partial charge in [0.2, 0.25) is 10.0 Å². The summed E-state index contributed by atoms with van der Waals surface area (Å²) < 4.78 is 70.0. The van der Waals surface area contributed by atoms with Gasteiger partial charge in [0.1, 0.15) is 17.2 Å². The van der Waals surface area contributed by atoms with Crippen LogP contribution in [-0.4, -0.2) is 63.5 Å². The van der Waals surface area contributed by atoms with E-state index in [1.165, 1.54) is 33.3 Å². The van der Waals surface area contributed by atoms with E-state index in [1.807, 2.05) is 0 Å². The summed E-state index contributed by atoms with van der Waals surface area (Å²) in [5.74, 6) is -0.818. The van der Waals surface area contributed by atoms with Gasteiger partial charge in [-0.2, -0.15) is 13.2 Å². The second kappa shape index (κ2) is 7.67. The van der Waals surface area contributed by atoms with Crippen molar-refractivity contribution < 1.29 is 31.1 Å². The Bertz CT molecular complexity index is 805. The summed E-state index contributed by atoms with van der Waals surface area (Å²) in [5.41, 5.74) is -0.132. The van der Waals surface area contributed by atoms with Crippen LogP contribution in [0.25, 0.3) is 0 Å². The first-order valence-corrected chi connectivity index (χ1v) is 9.80. The van der Waals surface area contributed by atoms with Gasteiger partial charge in [-0.05, 0) is 43.9 Å². The molecule has 2 rings (SSSR count). The zero-order valence-electron chi connectivity index (χ0n) is 15.6. The van der Waals surface area contributed by atoms with Crippen molar-refractivity contribution in [1.29, 1.82) is 0 Å². The van der Waals surface area contributed by atoms with Gasteiger partial charge in [0, 0.05) is 25.7 Å². The van der Waals surface area contributed by atoms with E-state index in [-0.39, 0.29) is 22.1 Å². The number of alkyl halides is 3. The number of methoxy groups -OCH3 is 1. The van der Waals surface area contributed by atoms with E-state index in [1.54, 1.807) is 6.92 Å². The Kier molecular flexibility index (Phi) is 6.10. The maximum atomic E-state index is 13.0. The van der Waals surface area contributed by atoms with Crippen LogP contribution in [0.2, 0.25) is 0 Å². The first kappa shape index (κ1) is 21.5. The molecular weight excluding hydrogens is 385 g/mol. The van der Waals surface area contributed by atoms with Crippen LogP contribution in [0.15, 0.2) is 23.1 Å². The maximum absolute atomic E-state index is 13.0. The molecule has 0 radical (unpaired) electrons. The number of hydrogen-bond donors (Lipinski definition) is 0. The first-order valence-electron chi connectivity index (χ1n) is 8.36. The third-order valence-corrected chi connectivity index (χ3v) is 6.41. The lowest BCUT2D eigenvalue weighted by Gasteiger charge is -2.30. The molecule has 1 aromatic rings. The second-order valence-electron chi connectivity index (χ2n) is 6.78. The van der Waals surface area contributed by atoms with Gasteiger partial charge in [-0.3, -0.25) is 4.79 Å². The Hall–Kier alpha value is -1.81. The lowest BCUT2D eigenvalue weighted by molar-refractivity contribution is -0.144. The third-order valence-electron chi connectivity index (χ3n) is 4.58. The summed E-state index contributed by atoms with van der Waals surface area (Å²) in [6, 6.07) is 3.03. The molecule has 1 fully saturated rings. The SMILES string of the molecule is COc1ccc(C(=O)N(CC(F)(F)F)[C@@H](C)C2CC2)cc1S(=O)(=O)N(C)C. The molecule has 1 amide bonds. The Balaban J connectivity index is 2.46. The van der Waals surface area contributed by atoms with E-state index in [4.69, 9.17) is 4.74 Å². The second-order valence-corrected chi connectivity index (χ2v) is 8.90. The summed E-state index contributed by atoms with van der Waals surface area (Å²) in [7, 11) is -0.0432. The molecule has 10 heteroatoms. The largest absolute Gasteiger partial charge is 0.495 e. The number of carbonyl (C=O) groups is 1. The molecule has 0 bridgehead atoms. The number of ether oxygens (including phenoxy) is 1. The van der Waals surface area contributed by atoms with Crippen molar-refractivity contribution in [2.75, 3.05) is 27.7 Å². The quantitative estimate of drug-likeness (QED) is 0.696. The highest BCUT2D eigenvalue weighted by Gasteiger charge is 2.41. The van der Waals surface area contributed by atoms with Crippen molar-refractivity contribution in [3.8, 4) is 5.75 Å². The van der Waals surface area contributed by atoms with Crippen molar-refractivity contribution in [3.63, 3.8) is 0 Å². The average molecular weight is 408 g/mol. The Morgan fingerprint density at radius 1 is 1.30 bits per heavy atom. The van der Waals surface area contributed by atoms with E-state index in [0.29, 0.717) is 0 Å². The minimum absolute atomic E-state index is 0.0119. The number of sulfonamides is 1. The van der Waals surface area contributed by atoms with Crippen molar-refractivity contribution in [2.45, 2.75) is 36.9 Å². The predicted octanol–water partition coefficient (Wildman–Crippen LogP) is 2.75. The van der Waals surface area contributed by atoms with Gasteiger partial charge < -0.3 is 9.64 Å². The van der Waals surface area contributed by atoms with Crippen LogP contribution in [0, 0.1) is 5.92 Å². The van der Waals surface area contributed by atoms with Gasteiger partial charge >= 0.3 is 6.18 Å². The number of halogens is 3. The number of carbonyl (C=O) groups excluding carboxylic acids is 1. The maximum Gasteiger partial charge on any atom is 0.406 e. The summed E-state index contributed by atoms with van der Waals surface area (Å²) in [5, 5.41) is 0. The monoisotopic (exact) mass is 408 g/mol. The molecule has 152 valence electrons. The molecule has 0 aromatic heterocycles. The zero-order valence-corrected chi connectivity index (χ0v) is 16.4. The Labute approximate surface area is 156 Å². The van der Waals surface area contributed by atoms with Crippen LogP contribution in [-0.2, 0) is 10.0 Å².